The van der Waals surface area contributed by atoms with Gasteiger partial charge in [-0.05, 0) is 97.2 Å². The zero-order chi connectivity index (χ0) is 29.9. The minimum Gasteiger partial charge on any atom is -0.308 e. The maximum Gasteiger partial charge on any atom is 0.0523 e. The molecule has 0 rings (SSSR count). The molecule has 0 radical (unpaired) electrons. The molecule has 0 aromatic carbocycles. The lowest BCUT2D eigenvalue weighted by molar-refractivity contribution is 0.0879. The zero-order valence-corrected chi connectivity index (χ0v) is 28.1. The molecule has 0 aromatic heterocycles. The molecule has 4 N–H and O–H groups in total. The highest BCUT2D eigenvalue weighted by atomic mass is 15.4. The van der Waals surface area contributed by atoms with Crippen molar-refractivity contribution >= 4 is 0 Å². The number of hydrogen-bond acceptors (Lipinski definition) is 12. The summed E-state index contributed by atoms with van der Waals surface area (Å²) in [6.07, 6.45) is 0. The van der Waals surface area contributed by atoms with Crippen molar-refractivity contribution in [2.75, 3.05) is 157 Å². The van der Waals surface area contributed by atoms with E-state index in [4.69, 9.17) is 0 Å². The first-order valence-corrected chi connectivity index (χ1v) is 14.0. The molecule has 12 heteroatoms. The largest absolute Gasteiger partial charge is 0.308 e. The average molecular weight is 647 g/mol. The zero-order valence-electron chi connectivity index (χ0n) is 28.1. The first kappa shape index (κ1) is 66.0. The highest BCUT2D eigenvalue weighted by molar-refractivity contribution is 4.54. The third-order valence-corrected chi connectivity index (χ3v) is 5.57. The molecule has 0 saturated carbocycles. The molecule has 0 atom stereocenters. The molecule has 0 unspecified atom stereocenters. The van der Waals surface area contributed by atoms with E-state index in [1.54, 1.807) is 0 Å². The molecule has 282 valence electrons. The first-order valence-electron chi connectivity index (χ1n) is 14.0. The van der Waals surface area contributed by atoms with Crippen molar-refractivity contribution in [2.45, 2.75) is 65.3 Å². The molecule has 0 bridgehead atoms. The van der Waals surface area contributed by atoms with Crippen molar-refractivity contribution in [1.29, 1.82) is 0 Å². The molecule has 0 fully saturated rings. The van der Waals surface area contributed by atoms with Crippen LogP contribution in [0.3, 0.4) is 0 Å². The molecule has 0 amide bonds. The third kappa shape index (κ3) is 51.1. The number of nitrogens with one attached hydrogen (secondary N) is 4. The van der Waals surface area contributed by atoms with E-state index in [1.165, 1.54) is 0 Å². The van der Waals surface area contributed by atoms with Gasteiger partial charge in [-0.3, -0.25) is 44.5 Å². The van der Waals surface area contributed by atoms with Gasteiger partial charge in [-0.25, -0.2) is 0 Å². The third-order valence-electron chi connectivity index (χ3n) is 5.57. The Hall–Kier alpha value is -0.480. The molecule has 0 spiro atoms. The first-order chi connectivity index (χ1) is 17.9. The van der Waals surface area contributed by atoms with Gasteiger partial charge in [-0.1, -0.05) is 65.3 Å². The SMILES string of the molecule is C.C.C.C.C.C.CCN(C)CN(C)CN(C)CN(C)CC.CCN(C)CN(C)CN(C)CNC.CNCNCN(C)CNC. The van der Waals surface area contributed by atoms with Crippen LogP contribution < -0.4 is 21.3 Å². The predicted molar refractivity (Wildman–Crippen MR) is 208 cm³/mol. The van der Waals surface area contributed by atoms with Gasteiger partial charge in [0.1, 0.15) is 0 Å². The normalized spacial score (nSPS) is 10.2. The summed E-state index contributed by atoms with van der Waals surface area (Å²) in [4.78, 5) is 18.2. The minimum atomic E-state index is 0. The van der Waals surface area contributed by atoms with E-state index in [1.807, 2.05) is 21.1 Å². The van der Waals surface area contributed by atoms with E-state index in [-0.39, 0.29) is 44.6 Å². The summed E-state index contributed by atoms with van der Waals surface area (Å²) in [5.74, 6) is 0. The molecule has 0 aliphatic heterocycles. The summed E-state index contributed by atoms with van der Waals surface area (Å²) in [5, 5.41) is 12.4. The number of rotatable bonds is 21. The van der Waals surface area contributed by atoms with Gasteiger partial charge in [0.2, 0.25) is 0 Å². The lowest BCUT2D eigenvalue weighted by Crippen LogP contribution is -2.42. The van der Waals surface area contributed by atoms with Crippen LogP contribution in [0.25, 0.3) is 0 Å². The lowest BCUT2D eigenvalue weighted by atomic mass is 10.6. The van der Waals surface area contributed by atoms with Crippen molar-refractivity contribution in [3.05, 3.63) is 0 Å². The van der Waals surface area contributed by atoms with E-state index in [0.717, 1.165) is 79.7 Å². The van der Waals surface area contributed by atoms with Crippen LogP contribution >= 0.6 is 0 Å². The van der Waals surface area contributed by atoms with Gasteiger partial charge in [0, 0.05) is 26.7 Å². The van der Waals surface area contributed by atoms with Crippen molar-refractivity contribution in [3.8, 4) is 0 Å². The molecule has 0 aliphatic rings. The fourth-order valence-corrected chi connectivity index (χ4v) is 3.51. The fraction of sp³-hybridized carbons (Fsp3) is 1.00. The van der Waals surface area contributed by atoms with Crippen LogP contribution in [0.1, 0.15) is 65.3 Å². The van der Waals surface area contributed by atoms with E-state index < -0.39 is 0 Å². The molecule has 0 saturated heterocycles. The Morgan fingerprint density at radius 3 is 0.886 bits per heavy atom. The van der Waals surface area contributed by atoms with Gasteiger partial charge >= 0.3 is 0 Å². The van der Waals surface area contributed by atoms with E-state index >= 15 is 0 Å². The Morgan fingerprint density at radius 2 is 0.614 bits per heavy atom. The van der Waals surface area contributed by atoms with Crippen LogP contribution in [-0.2, 0) is 0 Å². The molecule has 44 heavy (non-hydrogen) atoms. The van der Waals surface area contributed by atoms with Crippen LogP contribution in [0.5, 0.6) is 0 Å². The van der Waals surface area contributed by atoms with Crippen LogP contribution in [0.4, 0.5) is 0 Å². The van der Waals surface area contributed by atoms with Crippen LogP contribution in [0, 0.1) is 0 Å². The maximum absolute atomic E-state index is 3.19. The number of hydrogen-bond donors (Lipinski definition) is 4. The Kier molecular flexibility index (Phi) is 70.4. The van der Waals surface area contributed by atoms with Crippen LogP contribution in [0.15, 0.2) is 0 Å². The monoisotopic (exact) mass is 647 g/mol. The maximum atomic E-state index is 3.19. The topological polar surface area (TPSA) is 74.0 Å². The van der Waals surface area contributed by atoms with Gasteiger partial charge in [-0.15, -0.1) is 0 Å². The summed E-state index contributed by atoms with van der Waals surface area (Å²) in [6, 6.07) is 0. The minimum absolute atomic E-state index is 0. The smallest absolute Gasteiger partial charge is 0.0523 e. The molecular weight excluding hydrogens is 552 g/mol. The second kappa shape index (κ2) is 46.9. The summed E-state index contributed by atoms with van der Waals surface area (Å²) in [5.41, 5.74) is 0. The fourth-order valence-electron chi connectivity index (χ4n) is 3.51. The van der Waals surface area contributed by atoms with Crippen LogP contribution in [-0.4, -0.2) is 196 Å². The quantitative estimate of drug-likeness (QED) is 0.109. The van der Waals surface area contributed by atoms with Gasteiger partial charge in [0.15, 0.2) is 0 Å². The second-order valence-electron chi connectivity index (χ2n) is 10.5. The van der Waals surface area contributed by atoms with Gasteiger partial charge < -0.3 is 16.0 Å². The van der Waals surface area contributed by atoms with Gasteiger partial charge in [0.05, 0.1) is 33.3 Å². The summed E-state index contributed by atoms with van der Waals surface area (Å²) in [7, 11) is 22.9. The van der Waals surface area contributed by atoms with Gasteiger partial charge in [0.25, 0.3) is 0 Å². The molecule has 0 aromatic rings. The van der Waals surface area contributed by atoms with Crippen molar-refractivity contribution < 1.29 is 0 Å². The van der Waals surface area contributed by atoms with Crippen molar-refractivity contribution in [1.82, 2.24) is 60.5 Å². The Bertz CT molecular complexity index is 447. The second-order valence-corrected chi connectivity index (χ2v) is 10.5. The Balaban J connectivity index is -0.0000000567. The summed E-state index contributed by atoms with van der Waals surface area (Å²) < 4.78 is 0. The predicted octanol–water partition coefficient (Wildman–Crippen LogP) is 3.16. The lowest BCUT2D eigenvalue weighted by Gasteiger charge is -2.30. The summed E-state index contributed by atoms with van der Waals surface area (Å²) in [6.45, 7) is 18.5. The molecule has 0 aliphatic carbocycles. The van der Waals surface area contributed by atoms with Crippen molar-refractivity contribution in [2.24, 2.45) is 0 Å². The molecule has 12 nitrogen and oxygen atoms in total. The molecule has 0 heterocycles. The Labute approximate surface area is 282 Å². The average Bonchev–Trinajstić information content (AvgIpc) is 2.84. The number of nitrogens with zero attached hydrogens (tertiary/aromatic N) is 8. The molecular formula is C32H94N12. The van der Waals surface area contributed by atoms with E-state index in [2.05, 4.69) is 138 Å². The van der Waals surface area contributed by atoms with Crippen LogP contribution in [0.2, 0.25) is 0 Å². The van der Waals surface area contributed by atoms with Crippen molar-refractivity contribution in [3.63, 3.8) is 0 Å². The highest BCUT2D eigenvalue weighted by Crippen LogP contribution is 1.93. The Morgan fingerprint density at radius 1 is 0.341 bits per heavy atom. The van der Waals surface area contributed by atoms with E-state index in [0.29, 0.717) is 0 Å². The highest BCUT2D eigenvalue weighted by Gasteiger charge is 2.07. The van der Waals surface area contributed by atoms with Gasteiger partial charge in [-0.2, -0.15) is 0 Å². The van der Waals surface area contributed by atoms with E-state index in [9.17, 15) is 0 Å². The standard InChI is InChI=1S/C11H28N4.C9H24N4.C6H18N4.6CH4/c1-7-12(3)9-14(5)11-15(6)10-13(4)8-2;1-6-11(3)8-13(5)9-12(4)7-10-2;1-7-4-9-6-10(3)5-8-2;;;;;;/h7-11H2,1-6H3;10H,6-9H2,1-5H3;7-9H,4-6H2,1-3H3;6*1H4. The summed E-state index contributed by atoms with van der Waals surface area (Å²) >= 11 is 0.